The van der Waals surface area contributed by atoms with E-state index in [9.17, 15) is 4.79 Å². The van der Waals surface area contributed by atoms with E-state index in [0.717, 1.165) is 19.3 Å². The molecule has 2 unspecified atom stereocenters. The monoisotopic (exact) mass is 292 g/mol. The highest BCUT2D eigenvalue weighted by atomic mass is 16.5. The lowest BCUT2D eigenvalue weighted by Crippen LogP contribution is -2.34. The number of benzene rings is 1. The fourth-order valence-corrected chi connectivity index (χ4v) is 2.68. The highest BCUT2D eigenvalue weighted by Crippen LogP contribution is 2.31. The third kappa shape index (κ3) is 3.88. The normalized spacial score (nSPS) is 21.1. The van der Waals surface area contributed by atoms with Crippen LogP contribution in [0, 0.1) is 5.92 Å². The average molecular weight is 292 g/mol. The molecule has 3 N–H and O–H groups in total. The standard InChI is InChI=1S/C16H24N2O3/c1-3-20-11-8-9-15(21-4-2)14(10-11)18-16(19)12-6-5-7-13(12)17/h8-10,12-13H,3-7,17H2,1-2H3,(H,18,19). The van der Waals surface area contributed by atoms with Crippen LogP contribution in [0.15, 0.2) is 18.2 Å². The smallest absolute Gasteiger partial charge is 0.229 e. The molecule has 1 aromatic rings. The molecule has 0 radical (unpaired) electrons. The van der Waals surface area contributed by atoms with Gasteiger partial charge in [-0.1, -0.05) is 6.42 Å². The lowest BCUT2D eigenvalue weighted by molar-refractivity contribution is -0.120. The van der Waals surface area contributed by atoms with Crippen molar-refractivity contribution in [3.05, 3.63) is 18.2 Å². The summed E-state index contributed by atoms with van der Waals surface area (Å²) in [5.74, 6) is 1.22. The fourth-order valence-electron chi connectivity index (χ4n) is 2.68. The van der Waals surface area contributed by atoms with Gasteiger partial charge in [0.25, 0.3) is 0 Å². The Bertz CT molecular complexity index is 490. The number of carbonyl (C=O) groups is 1. The van der Waals surface area contributed by atoms with Gasteiger partial charge < -0.3 is 20.5 Å². The summed E-state index contributed by atoms with van der Waals surface area (Å²) in [6.07, 6.45) is 2.77. The van der Waals surface area contributed by atoms with Crippen molar-refractivity contribution >= 4 is 11.6 Å². The molecule has 2 rings (SSSR count). The SMILES string of the molecule is CCOc1ccc(OCC)c(NC(=O)C2CCCC2N)c1. The van der Waals surface area contributed by atoms with Crippen molar-refractivity contribution in [2.24, 2.45) is 11.7 Å². The Morgan fingerprint density at radius 3 is 2.67 bits per heavy atom. The zero-order valence-electron chi connectivity index (χ0n) is 12.7. The number of carbonyl (C=O) groups excluding carboxylic acids is 1. The zero-order chi connectivity index (χ0) is 15.2. The topological polar surface area (TPSA) is 73.6 Å². The largest absolute Gasteiger partial charge is 0.494 e. The van der Waals surface area contributed by atoms with Gasteiger partial charge >= 0.3 is 0 Å². The molecule has 21 heavy (non-hydrogen) atoms. The van der Waals surface area contributed by atoms with Gasteiger partial charge in [-0.15, -0.1) is 0 Å². The van der Waals surface area contributed by atoms with E-state index in [-0.39, 0.29) is 17.9 Å². The highest BCUT2D eigenvalue weighted by Gasteiger charge is 2.30. The predicted molar refractivity (Wildman–Crippen MR) is 82.7 cm³/mol. The molecule has 1 aliphatic rings. The molecule has 1 aromatic carbocycles. The molecule has 116 valence electrons. The Balaban J connectivity index is 2.15. The van der Waals surface area contributed by atoms with Crippen LogP contribution in [-0.2, 0) is 4.79 Å². The number of hydrogen-bond acceptors (Lipinski definition) is 4. The van der Waals surface area contributed by atoms with Crippen molar-refractivity contribution in [2.75, 3.05) is 18.5 Å². The van der Waals surface area contributed by atoms with E-state index < -0.39 is 0 Å². The van der Waals surface area contributed by atoms with Crippen molar-refractivity contribution in [3.8, 4) is 11.5 Å². The lowest BCUT2D eigenvalue weighted by atomic mass is 10.0. The molecule has 0 spiro atoms. The van der Waals surface area contributed by atoms with Crippen LogP contribution in [0.25, 0.3) is 0 Å². The molecule has 5 heteroatoms. The molecular formula is C16H24N2O3. The molecule has 1 saturated carbocycles. The maximum atomic E-state index is 12.4. The van der Waals surface area contributed by atoms with Crippen LogP contribution in [0.2, 0.25) is 0 Å². The minimum Gasteiger partial charge on any atom is -0.494 e. The Morgan fingerprint density at radius 1 is 1.29 bits per heavy atom. The molecule has 2 atom stereocenters. The van der Waals surface area contributed by atoms with Crippen molar-refractivity contribution in [1.29, 1.82) is 0 Å². The van der Waals surface area contributed by atoms with Crippen molar-refractivity contribution in [1.82, 2.24) is 0 Å². The van der Waals surface area contributed by atoms with Gasteiger partial charge in [-0.05, 0) is 38.8 Å². The third-order valence-corrected chi connectivity index (χ3v) is 3.73. The third-order valence-electron chi connectivity index (χ3n) is 3.73. The summed E-state index contributed by atoms with van der Waals surface area (Å²) in [6.45, 7) is 4.95. The van der Waals surface area contributed by atoms with E-state index in [1.54, 1.807) is 6.07 Å². The van der Waals surface area contributed by atoms with Crippen molar-refractivity contribution < 1.29 is 14.3 Å². The Kier molecular flexibility index (Phi) is 5.44. The predicted octanol–water partition coefficient (Wildman–Crippen LogP) is 2.55. The summed E-state index contributed by atoms with van der Waals surface area (Å²) in [5, 5.41) is 2.94. The van der Waals surface area contributed by atoms with Crippen LogP contribution in [-0.4, -0.2) is 25.2 Å². The minimum absolute atomic E-state index is 0.0328. The zero-order valence-corrected chi connectivity index (χ0v) is 12.7. The van der Waals surface area contributed by atoms with E-state index >= 15 is 0 Å². The van der Waals surface area contributed by atoms with Gasteiger partial charge in [0.1, 0.15) is 11.5 Å². The first-order valence-electron chi connectivity index (χ1n) is 7.61. The second-order valence-electron chi connectivity index (χ2n) is 5.21. The van der Waals surface area contributed by atoms with Crippen LogP contribution < -0.4 is 20.5 Å². The van der Waals surface area contributed by atoms with Gasteiger partial charge in [-0.25, -0.2) is 0 Å². The number of rotatable bonds is 6. The first-order chi connectivity index (χ1) is 10.2. The number of amides is 1. The first kappa shape index (κ1) is 15.6. The van der Waals surface area contributed by atoms with Crippen LogP contribution in [0.1, 0.15) is 33.1 Å². The summed E-state index contributed by atoms with van der Waals surface area (Å²) in [4.78, 5) is 12.4. The number of hydrogen-bond donors (Lipinski definition) is 2. The van der Waals surface area contributed by atoms with Gasteiger partial charge in [0, 0.05) is 12.1 Å². The van der Waals surface area contributed by atoms with E-state index in [1.807, 2.05) is 26.0 Å². The van der Waals surface area contributed by atoms with E-state index in [2.05, 4.69) is 5.32 Å². The summed E-state index contributed by atoms with van der Waals surface area (Å²) in [5.41, 5.74) is 6.64. The molecule has 0 bridgehead atoms. The van der Waals surface area contributed by atoms with Crippen LogP contribution >= 0.6 is 0 Å². The van der Waals surface area contributed by atoms with Gasteiger partial charge in [0.2, 0.25) is 5.91 Å². The second-order valence-corrected chi connectivity index (χ2v) is 5.21. The van der Waals surface area contributed by atoms with Gasteiger partial charge in [-0.3, -0.25) is 4.79 Å². The molecule has 0 aromatic heterocycles. The quantitative estimate of drug-likeness (QED) is 0.845. The molecule has 0 saturated heterocycles. The number of ether oxygens (including phenoxy) is 2. The second kappa shape index (κ2) is 7.31. The summed E-state index contributed by atoms with van der Waals surface area (Å²) in [6, 6.07) is 5.41. The Morgan fingerprint density at radius 2 is 2.05 bits per heavy atom. The fraction of sp³-hybridized carbons (Fsp3) is 0.562. The van der Waals surface area contributed by atoms with E-state index in [0.29, 0.717) is 30.4 Å². The lowest BCUT2D eigenvalue weighted by Gasteiger charge is -2.18. The van der Waals surface area contributed by atoms with E-state index in [1.165, 1.54) is 0 Å². The Hall–Kier alpha value is -1.75. The van der Waals surface area contributed by atoms with Gasteiger partial charge in [-0.2, -0.15) is 0 Å². The molecule has 0 aliphatic heterocycles. The summed E-state index contributed by atoms with van der Waals surface area (Å²) in [7, 11) is 0. The summed E-state index contributed by atoms with van der Waals surface area (Å²) < 4.78 is 11.0. The summed E-state index contributed by atoms with van der Waals surface area (Å²) >= 11 is 0. The van der Waals surface area contributed by atoms with Crippen LogP contribution in [0.4, 0.5) is 5.69 Å². The molecule has 0 heterocycles. The number of nitrogens with one attached hydrogen (secondary N) is 1. The molecule has 1 aliphatic carbocycles. The Labute approximate surface area is 125 Å². The van der Waals surface area contributed by atoms with Gasteiger partial charge in [0.05, 0.1) is 24.8 Å². The van der Waals surface area contributed by atoms with Gasteiger partial charge in [0.15, 0.2) is 0 Å². The minimum atomic E-state index is -0.116. The van der Waals surface area contributed by atoms with Crippen LogP contribution in [0.3, 0.4) is 0 Å². The average Bonchev–Trinajstić information content (AvgIpc) is 2.88. The highest BCUT2D eigenvalue weighted by molar-refractivity contribution is 5.94. The van der Waals surface area contributed by atoms with E-state index in [4.69, 9.17) is 15.2 Å². The van der Waals surface area contributed by atoms with Crippen molar-refractivity contribution in [2.45, 2.75) is 39.2 Å². The number of nitrogens with two attached hydrogens (primary N) is 1. The maximum absolute atomic E-state index is 12.4. The van der Waals surface area contributed by atoms with Crippen LogP contribution in [0.5, 0.6) is 11.5 Å². The molecule has 5 nitrogen and oxygen atoms in total. The van der Waals surface area contributed by atoms with Crippen molar-refractivity contribution in [3.63, 3.8) is 0 Å². The molecule has 1 fully saturated rings. The maximum Gasteiger partial charge on any atom is 0.229 e. The number of anilines is 1. The molecular weight excluding hydrogens is 268 g/mol. The molecule has 1 amide bonds. The first-order valence-corrected chi connectivity index (χ1v) is 7.61.